The first-order chi connectivity index (χ1) is 9.08. The monoisotopic (exact) mass is 331 g/mol. The first-order valence-corrected chi connectivity index (χ1v) is 7.68. The summed E-state index contributed by atoms with van der Waals surface area (Å²) in [5.41, 5.74) is 0.179. The van der Waals surface area contributed by atoms with Crippen LogP contribution < -0.4 is 5.32 Å². The molecule has 4 heteroatoms. The average Bonchev–Trinajstić information content (AvgIpc) is 2.87. The molecule has 19 heavy (non-hydrogen) atoms. The number of hydrogen-bond acceptors (Lipinski definition) is 1. The molecule has 0 aliphatic heterocycles. The molecule has 1 nitrogen and oxygen atoms in total. The molecule has 1 aromatic rings. The van der Waals surface area contributed by atoms with Gasteiger partial charge in [0.15, 0.2) is 0 Å². The van der Waals surface area contributed by atoms with Gasteiger partial charge in [-0.15, -0.1) is 0 Å². The molecule has 106 valence electrons. The van der Waals surface area contributed by atoms with E-state index in [1.54, 1.807) is 7.05 Å². The molecule has 1 N–H and O–H groups in total. The third kappa shape index (κ3) is 3.00. The average molecular weight is 332 g/mol. The van der Waals surface area contributed by atoms with Gasteiger partial charge in [-0.3, -0.25) is 0 Å². The summed E-state index contributed by atoms with van der Waals surface area (Å²) in [6, 6.07) is 2.51. The summed E-state index contributed by atoms with van der Waals surface area (Å²) in [5.74, 6) is 0.0756. The van der Waals surface area contributed by atoms with Crippen molar-refractivity contribution in [1.82, 2.24) is 5.32 Å². The lowest BCUT2D eigenvalue weighted by Crippen LogP contribution is -2.26. The van der Waals surface area contributed by atoms with E-state index in [0.29, 0.717) is 16.3 Å². The minimum absolute atomic E-state index is 0.179. The second-order valence-corrected chi connectivity index (χ2v) is 6.22. The van der Waals surface area contributed by atoms with Crippen LogP contribution in [0.2, 0.25) is 0 Å². The molecule has 1 aliphatic rings. The quantitative estimate of drug-likeness (QED) is 0.780. The van der Waals surface area contributed by atoms with Crippen molar-refractivity contribution >= 4 is 15.9 Å². The van der Waals surface area contributed by atoms with Crippen LogP contribution in [0.4, 0.5) is 8.78 Å². The smallest absolute Gasteiger partial charge is 0.145 e. The maximum Gasteiger partial charge on any atom is 0.145 e. The van der Waals surface area contributed by atoms with Gasteiger partial charge in [0, 0.05) is 11.6 Å². The lowest BCUT2D eigenvalue weighted by Gasteiger charge is -2.25. The summed E-state index contributed by atoms with van der Waals surface area (Å²) in [7, 11) is 1.78. The van der Waals surface area contributed by atoms with Gasteiger partial charge in [-0.1, -0.05) is 19.8 Å². The van der Waals surface area contributed by atoms with Gasteiger partial charge in [0.2, 0.25) is 0 Å². The number of benzene rings is 1. The largest absolute Gasteiger partial charge is 0.313 e. The van der Waals surface area contributed by atoms with Crippen molar-refractivity contribution in [2.45, 2.75) is 38.6 Å². The fraction of sp³-hybridized carbons (Fsp3) is 0.600. The zero-order chi connectivity index (χ0) is 14.0. The van der Waals surface area contributed by atoms with Crippen molar-refractivity contribution < 1.29 is 8.78 Å². The number of halogens is 3. The van der Waals surface area contributed by atoms with E-state index in [9.17, 15) is 8.78 Å². The van der Waals surface area contributed by atoms with Crippen molar-refractivity contribution in [3.8, 4) is 0 Å². The number of nitrogens with one attached hydrogen (secondary N) is 1. The zero-order valence-corrected chi connectivity index (χ0v) is 12.9. The van der Waals surface area contributed by atoms with E-state index in [1.165, 1.54) is 12.1 Å². The van der Waals surface area contributed by atoms with Gasteiger partial charge in [-0.2, -0.15) is 0 Å². The Morgan fingerprint density at radius 3 is 2.68 bits per heavy atom. The van der Waals surface area contributed by atoms with E-state index in [2.05, 4.69) is 28.2 Å². The van der Waals surface area contributed by atoms with Gasteiger partial charge in [0.1, 0.15) is 11.6 Å². The van der Waals surface area contributed by atoms with Gasteiger partial charge in [0.05, 0.1) is 4.47 Å². The van der Waals surface area contributed by atoms with Crippen LogP contribution in [0.25, 0.3) is 0 Å². The first-order valence-electron chi connectivity index (χ1n) is 6.89. The minimum atomic E-state index is -0.473. The van der Waals surface area contributed by atoms with Crippen LogP contribution in [0.3, 0.4) is 0 Å². The molecule has 0 bridgehead atoms. The highest BCUT2D eigenvalue weighted by Gasteiger charge is 2.33. The first kappa shape index (κ1) is 14.9. The molecule has 0 saturated heterocycles. The van der Waals surface area contributed by atoms with Crippen LogP contribution in [0, 0.1) is 23.5 Å². The normalized spacial score (nSPS) is 24.7. The van der Waals surface area contributed by atoms with Gasteiger partial charge < -0.3 is 5.32 Å². The lowest BCUT2D eigenvalue weighted by molar-refractivity contribution is 0.350. The fourth-order valence-corrected chi connectivity index (χ4v) is 3.58. The van der Waals surface area contributed by atoms with Gasteiger partial charge in [0.25, 0.3) is 0 Å². The number of hydrogen-bond donors (Lipinski definition) is 1. The highest BCUT2D eigenvalue weighted by atomic mass is 79.9. The summed E-state index contributed by atoms with van der Waals surface area (Å²) in [4.78, 5) is 0. The predicted molar refractivity (Wildman–Crippen MR) is 77.0 cm³/mol. The highest BCUT2D eigenvalue weighted by Crippen LogP contribution is 2.42. The summed E-state index contributed by atoms with van der Waals surface area (Å²) in [6.07, 6.45) is 4.40. The van der Waals surface area contributed by atoms with Crippen molar-refractivity contribution in [2.75, 3.05) is 7.05 Å². The Bertz CT molecular complexity index is 450. The molecule has 0 radical (unpaired) electrons. The third-order valence-electron chi connectivity index (χ3n) is 4.33. The molecule has 1 fully saturated rings. The molecule has 2 rings (SSSR count). The molecule has 1 aliphatic carbocycles. The van der Waals surface area contributed by atoms with Crippen LogP contribution in [-0.4, -0.2) is 7.05 Å². The van der Waals surface area contributed by atoms with Crippen LogP contribution in [-0.2, 0) is 0 Å². The second kappa shape index (κ2) is 6.31. The summed E-state index contributed by atoms with van der Waals surface area (Å²) in [5, 5.41) is 3.11. The van der Waals surface area contributed by atoms with Crippen LogP contribution in [0.1, 0.15) is 44.2 Å². The van der Waals surface area contributed by atoms with E-state index >= 15 is 0 Å². The van der Waals surface area contributed by atoms with Crippen molar-refractivity contribution in [3.63, 3.8) is 0 Å². The third-order valence-corrected chi connectivity index (χ3v) is 4.94. The standard InChI is InChI=1S/C15H20BrF2N/c1-3-9-4-5-10(8-9)15(19-2)13-12(17)7-6-11(16)14(13)18/h6-7,9-10,15,19H,3-5,8H2,1-2H3. The van der Waals surface area contributed by atoms with Gasteiger partial charge in [-0.05, 0) is 59.8 Å². The molecule has 3 unspecified atom stereocenters. The molecular weight excluding hydrogens is 312 g/mol. The maximum atomic E-state index is 14.2. The van der Waals surface area contributed by atoms with E-state index in [1.807, 2.05) is 0 Å². The van der Waals surface area contributed by atoms with Crippen LogP contribution in [0.5, 0.6) is 0 Å². The summed E-state index contributed by atoms with van der Waals surface area (Å²) < 4.78 is 28.5. The molecule has 1 aromatic carbocycles. The topological polar surface area (TPSA) is 12.0 Å². The highest BCUT2D eigenvalue weighted by molar-refractivity contribution is 9.10. The van der Waals surface area contributed by atoms with Crippen molar-refractivity contribution in [2.24, 2.45) is 11.8 Å². The van der Waals surface area contributed by atoms with Crippen molar-refractivity contribution in [3.05, 3.63) is 33.8 Å². The van der Waals surface area contributed by atoms with E-state index in [-0.39, 0.29) is 11.6 Å². The van der Waals surface area contributed by atoms with Crippen LogP contribution >= 0.6 is 15.9 Å². The number of rotatable bonds is 4. The Hall–Kier alpha value is -0.480. The van der Waals surface area contributed by atoms with Crippen LogP contribution in [0.15, 0.2) is 16.6 Å². The van der Waals surface area contributed by atoms with Gasteiger partial charge >= 0.3 is 0 Å². The maximum absolute atomic E-state index is 14.2. The van der Waals surface area contributed by atoms with E-state index in [0.717, 1.165) is 25.7 Å². The van der Waals surface area contributed by atoms with E-state index in [4.69, 9.17) is 0 Å². The Balaban J connectivity index is 2.30. The molecule has 0 amide bonds. The Morgan fingerprint density at radius 1 is 1.37 bits per heavy atom. The zero-order valence-electron chi connectivity index (χ0n) is 11.3. The molecular formula is C15H20BrF2N. The van der Waals surface area contributed by atoms with Gasteiger partial charge in [-0.25, -0.2) is 8.78 Å². The lowest BCUT2D eigenvalue weighted by atomic mass is 9.90. The molecule has 0 aromatic heterocycles. The molecule has 3 atom stereocenters. The molecule has 0 heterocycles. The Labute approximate surface area is 121 Å². The van der Waals surface area contributed by atoms with E-state index < -0.39 is 11.6 Å². The SMILES string of the molecule is CCC1CCC(C(NC)c2c(F)ccc(Br)c2F)C1. The Morgan fingerprint density at radius 2 is 2.11 bits per heavy atom. The molecule has 1 saturated carbocycles. The summed E-state index contributed by atoms with van der Waals surface area (Å²) in [6.45, 7) is 2.18. The fourth-order valence-electron chi connectivity index (χ4n) is 3.23. The van der Waals surface area contributed by atoms with Crippen molar-refractivity contribution in [1.29, 1.82) is 0 Å². The predicted octanol–water partition coefficient (Wildman–Crippen LogP) is 4.81. The summed E-state index contributed by atoms with van der Waals surface area (Å²) >= 11 is 3.14. The minimum Gasteiger partial charge on any atom is -0.313 e. The second-order valence-electron chi connectivity index (χ2n) is 5.37. The Kier molecular flexibility index (Phi) is 4.96. The molecule has 0 spiro atoms.